The molecule has 2 fully saturated rings. The van der Waals surface area contributed by atoms with Gasteiger partial charge in [-0.1, -0.05) is 6.42 Å². The Bertz CT molecular complexity index is 929. The van der Waals surface area contributed by atoms with Gasteiger partial charge in [0.2, 0.25) is 5.91 Å². The van der Waals surface area contributed by atoms with Crippen LogP contribution in [0.15, 0.2) is 18.2 Å². The summed E-state index contributed by atoms with van der Waals surface area (Å²) in [5.41, 5.74) is 13.8. The molecule has 37 heavy (non-hydrogen) atoms. The summed E-state index contributed by atoms with van der Waals surface area (Å²) in [6.45, 7) is 2.36. The predicted molar refractivity (Wildman–Crippen MR) is 140 cm³/mol. The Hall–Kier alpha value is -2.28. The Morgan fingerprint density at radius 3 is 2.59 bits per heavy atom. The van der Waals surface area contributed by atoms with Gasteiger partial charge in [0.1, 0.15) is 12.1 Å². The first-order chi connectivity index (χ1) is 17.6. The standard InChI is InChI=1S/C26H43N5O6/c1-15(33)22-21(14-32)37-31(23(22)25(28)34)13-16-6-5-7-20(24(16)36-4)17-10-18(26(35)29-9-8-27)12-19(11-17)30(2)3/h10-12,15-16,20-24,32-33H,5-9,13-14,27H2,1-4H3,(H2,28,34)(H,29,35)/t15-,16?,20?,21-,22-,23?,24?/m0/s1. The maximum absolute atomic E-state index is 12.8. The first-order valence-corrected chi connectivity index (χ1v) is 13.0. The molecule has 1 aromatic carbocycles. The molecule has 1 saturated heterocycles. The summed E-state index contributed by atoms with van der Waals surface area (Å²) in [5, 5.41) is 24.5. The quantitative estimate of drug-likeness (QED) is 0.265. The van der Waals surface area contributed by atoms with Crippen LogP contribution in [0.25, 0.3) is 0 Å². The molecular weight excluding hydrogens is 478 g/mol. The van der Waals surface area contributed by atoms with Crippen LogP contribution in [0.4, 0.5) is 5.69 Å². The highest BCUT2D eigenvalue weighted by molar-refractivity contribution is 5.95. The fourth-order valence-electron chi connectivity index (χ4n) is 5.84. The van der Waals surface area contributed by atoms with Crippen LogP contribution in [0, 0.1) is 11.8 Å². The second-order valence-electron chi connectivity index (χ2n) is 10.3. The number of ether oxygens (including phenoxy) is 1. The number of methoxy groups -OCH3 is 1. The molecule has 2 amide bonds. The number of hydrogen-bond donors (Lipinski definition) is 5. The van der Waals surface area contributed by atoms with Gasteiger partial charge in [-0.2, -0.15) is 5.06 Å². The predicted octanol–water partition coefficient (Wildman–Crippen LogP) is -0.201. The normalized spacial score (nSPS) is 29.2. The monoisotopic (exact) mass is 521 g/mol. The number of benzene rings is 1. The van der Waals surface area contributed by atoms with E-state index in [2.05, 4.69) is 11.4 Å². The van der Waals surface area contributed by atoms with E-state index in [4.69, 9.17) is 21.0 Å². The number of aliphatic hydroxyl groups excluding tert-OH is 2. The maximum atomic E-state index is 12.8. The van der Waals surface area contributed by atoms with Gasteiger partial charge in [-0.25, -0.2) is 0 Å². The topological polar surface area (TPSA) is 164 Å². The second-order valence-corrected chi connectivity index (χ2v) is 10.3. The molecule has 11 nitrogen and oxygen atoms in total. The van der Waals surface area contributed by atoms with Crippen molar-refractivity contribution >= 4 is 17.5 Å². The Kier molecular flexibility index (Phi) is 10.3. The van der Waals surface area contributed by atoms with Gasteiger partial charge in [-0.15, -0.1) is 0 Å². The van der Waals surface area contributed by atoms with Crippen molar-refractivity contribution in [2.45, 2.75) is 56.5 Å². The molecule has 1 saturated carbocycles. The van der Waals surface area contributed by atoms with Crippen molar-refractivity contribution in [2.75, 3.05) is 52.3 Å². The van der Waals surface area contributed by atoms with Gasteiger partial charge >= 0.3 is 0 Å². The third kappa shape index (κ3) is 6.60. The minimum Gasteiger partial charge on any atom is -0.394 e. The fraction of sp³-hybridized carbons (Fsp3) is 0.692. The average molecular weight is 522 g/mol. The smallest absolute Gasteiger partial charge is 0.251 e. The molecular formula is C26H43N5O6. The molecule has 0 radical (unpaired) electrons. The van der Waals surface area contributed by atoms with Crippen LogP contribution in [0.5, 0.6) is 0 Å². The first-order valence-electron chi connectivity index (χ1n) is 13.0. The third-order valence-corrected chi connectivity index (χ3v) is 7.62. The number of primary amides is 1. The molecule has 0 spiro atoms. The van der Waals surface area contributed by atoms with Crippen LogP contribution < -0.4 is 21.7 Å². The summed E-state index contributed by atoms with van der Waals surface area (Å²) in [6, 6.07) is 5.01. The number of nitrogens with one attached hydrogen (secondary N) is 1. The van der Waals surface area contributed by atoms with E-state index in [1.54, 1.807) is 14.0 Å². The zero-order valence-electron chi connectivity index (χ0n) is 22.3. The number of rotatable bonds is 11. The van der Waals surface area contributed by atoms with E-state index in [9.17, 15) is 19.8 Å². The Balaban J connectivity index is 1.89. The van der Waals surface area contributed by atoms with Crippen LogP contribution in [0.2, 0.25) is 0 Å². The van der Waals surface area contributed by atoms with Gasteiger partial charge < -0.3 is 36.6 Å². The van der Waals surface area contributed by atoms with E-state index >= 15 is 0 Å². The number of hydrogen-bond acceptors (Lipinski definition) is 9. The molecule has 1 aromatic rings. The van der Waals surface area contributed by atoms with Crippen LogP contribution in [-0.2, 0) is 14.4 Å². The highest BCUT2D eigenvalue weighted by atomic mass is 16.7. The molecule has 1 aliphatic heterocycles. The number of carbonyl (C=O) groups excluding carboxylic acids is 2. The third-order valence-electron chi connectivity index (χ3n) is 7.62. The number of amides is 2. The van der Waals surface area contributed by atoms with E-state index in [1.807, 2.05) is 31.1 Å². The zero-order chi connectivity index (χ0) is 27.3. The minimum absolute atomic E-state index is 0.00443. The fourth-order valence-corrected chi connectivity index (χ4v) is 5.84. The zero-order valence-corrected chi connectivity index (χ0v) is 22.3. The molecule has 0 bridgehead atoms. The molecule has 3 rings (SSSR count). The van der Waals surface area contributed by atoms with Crippen LogP contribution in [-0.4, -0.2) is 98.9 Å². The van der Waals surface area contributed by atoms with Crippen molar-refractivity contribution in [1.29, 1.82) is 0 Å². The van der Waals surface area contributed by atoms with Crippen molar-refractivity contribution < 1.29 is 29.4 Å². The van der Waals surface area contributed by atoms with Crippen molar-refractivity contribution in [1.82, 2.24) is 10.4 Å². The highest BCUT2D eigenvalue weighted by Crippen LogP contribution is 2.41. The van der Waals surface area contributed by atoms with Gasteiger partial charge in [0, 0.05) is 69.8 Å². The van der Waals surface area contributed by atoms with E-state index < -0.39 is 30.1 Å². The molecule has 0 aromatic heterocycles. The number of aliphatic hydroxyl groups is 2. The van der Waals surface area contributed by atoms with E-state index in [-0.39, 0.29) is 30.5 Å². The van der Waals surface area contributed by atoms with Gasteiger partial charge in [-0.3, -0.25) is 14.4 Å². The van der Waals surface area contributed by atoms with E-state index in [1.165, 1.54) is 5.06 Å². The minimum atomic E-state index is -0.880. The molecule has 208 valence electrons. The lowest BCUT2D eigenvalue weighted by Crippen LogP contribution is -2.50. The Morgan fingerprint density at radius 1 is 1.30 bits per heavy atom. The molecule has 1 aliphatic carbocycles. The SMILES string of the molecule is COC1C(CN2O[C@@H](CO)[C@H]([C@H](C)O)C2C(N)=O)CCCC1c1cc(C(=O)NCCN)cc(N(C)C)c1. The number of hydroxylamine groups is 2. The maximum Gasteiger partial charge on any atom is 0.251 e. The van der Waals surface area contributed by atoms with Crippen LogP contribution >= 0.6 is 0 Å². The molecule has 4 unspecified atom stereocenters. The summed E-state index contributed by atoms with van der Waals surface area (Å²) >= 11 is 0. The second kappa shape index (κ2) is 13.0. The van der Waals surface area contributed by atoms with Crippen molar-refractivity contribution in [3.8, 4) is 0 Å². The van der Waals surface area contributed by atoms with E-state index in [0.717, 1.165) is 30.5 Å². The Morgan fingerprint density at radius 2 is 2.03 bits per heavy atom. The number of carbonyl (C=O) groups is 2. The molecule has 11 heteroatoms. The number of anilines is 1. The number of nitrogens with zero attached hydrogens (tertiary/aromatic N) is 2. The summed E-state index contributed by atoms with van der Waals surface area (Å²) in [5.74, 6) is -1.40. The van der Waals surface area contributed by atoms with Gasteiger partial charge in [0.25, 0.3) is 5.91 Å². The Labute approximate surface area is 219 Å². The summed E-state index contributed by atoms with van der Waals surface area (Å²) < 4.78 is 6.04. The highest BCUT2D eigenvalue weighted by Gasteiger charge is 2.50. The van der Waals surface area contributed by atoms with Gasteiger partial charge in [0.05, 0.1) is 18.8 Å². The molecule has 7 N–H and O–H groups in total. The lowest BCUT2D eigenvalue weighted by Gasteiger charge is -2.40. The number of nitrogens with two attached hydrogens (primary N) is 2. The largest absolute Gasteiger partial charge is 0.394 e. The molecule has 1 heterocycles. The first kappa shape index (κ1) is 29.3. The van der Waals surface area contributed by atoms with Crippen molar-refractivity contribution in [2.24, 2.45) is 23.3 Å². The van der Waals surface area contributed by atoms with Gasteiger partial charge in [-0.05, 0) is 43.5 Å². The van der Waals surface area contributed by atoms with Crippen LogP contribution in [0.1, 0.15) is 48.0 Å². The van der Waals surface area contributed by atoms with Crippen molar-refractivity contribution in [3.05, 3.63) is 29.3 Å². The van der Waals surface area contributed by atoms with Gasteiger partial charge in [0.15, 0.2) is 0 Å². The lowest BCUT2D eigenvalue weighted by molar-refractivity contribution is -0.188. The van der Waals surface area contributed by atoms with Crippen LogP contribution in [0.3, 0.4) is 0 Å². The molecule has 7 atom stereocenters. The molecule has 2 aliphatic rings. The lowest BCUT2D eigenvalue weighted by atomic mass is 9.74. The summed E-state index contributed by atoms with van der Waals surface area (Å²) in [4.78, 5) is 33.0. The summed E-state index contributed by atoms with van der Waals surface area (Å²) in [6.07, 6.45) is 0.848. The summed E-state index contributed by atoms with van der Waals surface area (Å²) in [7, 11) is 5.54. The average Bonchev–Trinajstić information content (AvgIpc) is 3.25. The van der Waals surface area contributed by atoms with E-state index in [0.29, 0.717) is 25.2 Å². The van der Waals surface area contributed by atoms with Crippen molar-refractivity contribution in [3.63, 3.8) is 0 Å².